The van der Waals surface area contributed by atoms with Crippen LogP contribution in [-0.2, 0) is 4.79 Å². The van der Waals surface area contributed by atoms with Gasteiger partial charge in [0.15, 0.2) is 0 Å². The van der Waals surface area contributed by atoms with Gasteiger partial charge in [0.2, 0.25) is 5.91 Å². The van der Waals surface area contributed by atoms with Crippen molar-refractivity contribution in [3.8, 4) is 10.6 Å². The van der Waals surface area contributed by atoms with E-state index in [4.69, 9.17) is 0 Å². The Labute approximate surface area is 174 Å². The van der Waals surface area contributed by atoms with Gasteiger partial charge in [0.05, 0.1) is 22.3 Å². The molecule has 0 fully saturated rings. The number of nitrogens with one attached hydrogen (secondary N) is 2. The number of hydrogen-bond acceptors (Lipinski definition) is 4. The number of para-hydroxylation sites is 1. The number of aromatic nitrogens is 1. The van der Waals surface area contributed by atoms with Gasteiger partial charge in [0, 0.05) is 17.3 Å². The zero-order chi connectivity index (χ0) is 21.1. The molecule has 0 atom stereocenters. The first-order valence-corrected chi connectivity index (χ1v) is 9.80. The van der Waals surface area contributed by atoms with Crippen LogP contribution in [0.4, 0.5) is 14.5 Å². The molecule has 0 aliphatic heterocycles. The number of carbonyl (C=O) groups is 2. The number of carbonyl (C=O) groups excluding carboxylic acids is 2. The number of halogens is 2. The van der Waals surface area contributed by atoms with Crippen LogP contribution in [-0.4, -0.2) is 23.3 Å². The van der Waals surface area contributed by atoms with Crippen molar-refractivity contribution in [3.05, 3.63) is 83.9 Å². The number of benzene rings is 3. The zero-order valence-corrected chi connectivity index (χ0v) is 16.3. The molecule has 0 saturated carbocycles. The molecular weight excluding hydrogens is 408 g/mol. The van der Waals surface area contributed by atoms with Crippen LogP contribution in [0.25, 0.3) is 20.8 Å². The third-order valence-corrected chi connectivity index (χ3v) is 5.36. The van der Waals surface area contributed by atoms with E-state index in [0.717, 1.165) is 32.9 Å². The second-order valence-corrected chi connectivity index (χ2v) is 7.45. The van der Waals surface area contributed by atoms with Crippen molar-refractivity contribution in [3.63, 3.8) is 0 Å². The third-order valence-electron chi connectivity index (χ3n) is 4.27. The van der Waals surface area contributed by atoms with Crippen LogP contribution in [0.15, 0.2) is 66.7 Å². The Morgan fingerprint density at radius 2 is 1.80 bits per heavy atom. The predicted molar refractivity (Wildman–Crippen MR) is 112 cm³/mol. The third kappa shape index (κ3) is 4.33. The minimum atomic E-state index is -0.989. The SMILES string of the molecule is O=C(CNC(=O)c1ccc(F)cc1F)Nc1cccc(-c2nc3ccccc3s2)c1. The number of amides is 2. The molecule has 5 nitrogen and oxygen atoms in total. The van der Waals surface area contributed by atoms with Gasteiger partial charge >= 0.3 is 0 Å². The zero-order valence-electron chi connectivity index (χ0n) is 15.5. The van der Waals surface area contributed by atoms with Gasteiger partial charge in [-0.2, -0.15) is 0 Å². The Morgan fingerprint density at radius 3 is 2.60 bits per heavy atom. The van der Waals surface area contributed by atoms with Gasteiger partial charge in [-0.25, -0.2) is 13.8 Å². The van der Waals surface area contributed by atoms with E-state index in [1.807, 2.05) is 30.3 Å². The van der Waals surface area contributed by atoms with Gasteiger partial charge in [-0.3, -0.25) is 9.59 Å². The van der Waals surface area contributed by atoms with Crippen LogP contribution in [0.5, 0.6) is 0 Å². The highest BCUT2D eigenvalue weighted by molar-refractivity contribution is 7.21. The molecule has 2 N–H and O–H groups in total. The van der Waals surface area contributed by atoms with E-state index in [0.29, 0.717) is 11.8 Å². The van der Waals surface area contributed by atoms with Gasteiger partial charge in [-0.05, 0) is 36.4 Å². The Balaban J connectivity index is 1.41. The first kappa shape index (κ1) is 19.7. The molecule has 150 valence electrons. The lowest BCUT2D eigenvalue weighted by Gasteiger charge is -2.08. The van der Waals surface area contributed by atoms with Gasteiger partial charge in [-0.15, -0.1) is 11.3 Å². The molecule has 1 heterocycles. The molecule has 0 unspecified atom stereocenters. The lowest BCUT2D eigenvalue weighted by atomic mass is 10.2. The highest BCUT2D eigenvalue weighted by Gasteiger charge is 2.14. The Bertz CT molecular complexity index is 1220. The molecule has 0 saturated heterocycles. The quantitative estimate of drug-likeness (QED) is 0.493. The standard InChI is InChI=1S/C22H15F2N3O2S/c23-14-8-9-16(17(24)11-14)21(29)25-12-20(28)26-15-5-3-4-13(10-15)22-27-18-6-1-2-7-19(18)30-22/h1-11H,12H2,(H,25,29)(H,26,28). The smallest absolute Gasteiger partial charge is 0.254 e. The van der Waals surface area contributed by atoms with Crippen LogP contribution < -0.4 is 10.6 Å². The molecule has 0 radical (unpaired) electrons. The van der Waals surface area contributed by atoms with E-state index >= 15 is 0 Å². The summed E-state index contributed by atoms with van der Waals surface area (Å²) in [6, 6.07) is 17.6. The Morgan fingerprint density at radius 1 is 0.967 bits per heavy atom. The van der Waals surface area contributed by atoms with Gasteiger partial charge in [0.1, 0.15) is 16.6 Å². The monoisotopic (exact) mass is 423 g/mol. The molecule has 0 aliphatic rings. The summed E-state index contributed by atoms with van der Waals surface area (Å²) in [6.45, 7) is -0.360. The molecule has 4 aromatic rings. The topological polar surface area (TPSA) is 71.1 Å². The van der Waals surface area contributed by atoms with Crippen molar-refractivity contribution in [1.29, 1.82) is 0 Å². The summed E-state index contributed by atoms with van der Waals surface area (Å²) in [5.74, 6) is -3.05. The molecule has 0 spiro atoms. The lowest BCUT2D eigenvalue weighted by Crippen LogP contribution is -2.33. The first-order chi connectivity index (χ1) is 14.5. The van der Waals surface area contributed by atoms with Crippen LogP contribution in [0.1, 0.15) is 10.4 Å². The Kier molecular flexibility index (Phi) is 5.49. The van der Waals surface area contributed by atoms with Crippen molar-refractivity contribution in [2.45, 2.75) is 0 Å². The molecule has 1 aromatic heterocycles. The summed E-state index contributed by atoms with van der Waals surface area (Å²) in [5.41, 5.74) is 1.97. The van der Waals surface area contributed by atoms with Crippen molar-refractivity contribution in [1.82, 2.24) is 10.3 Å². The number of fused-ring (bicyclic) bond motifs is 1. The summed E-state index contributed by atoms with van der Waals surface area (Å²) in [7, 11) is 0. The molecule has 0 bridgehead atoms. The van der Waals surface area contributed by atoms with Crippen LogP contribution in [0, 0.1) is 11.6 Å². The lowest BCUT2D eigenvalue weighted by molar-refractivity contribution is -0.115. The molecular formula is C22H15F2N3O2S. The summed E-state index contributed by atoms with van der Waals surface area (Å²) >= 11 is 1.55. The highest BCUT2D eigenvalue weighted by atomic mass is 32.1. The van der Waals surface area contributed by atoms with Gasteiger partial charge in [0.25, 0.3) is 5.91 Å². The second kappa shape index (κ2) is 8.38. The van der Waals surface area contributed by atoms with Crippen LogP contribution >= 0.6 is 11.3 Å². The number of anilines is 1. The number of thiazole rings is 1. The molecule has 2 amide bonds. The van der Waals surface area contributed by atoms with Gasteiger partial charge < -0.3 is 10.6 Å². The molecule has 4 rings (SSSR count). The maximum absolute atomic E-state index is 13.6. The average molecular weight is 423 g/mol. The van der Waals surface area contributed by atoms with Crippen LogP contribution in [0.2, 0.25) is 0 Å². The predicted octanol–water partition coefficient (Wildman–Crippen LogP) is 4.61. The minimum Gasteiger partial charge on any atom is -0.343 e. The van der Waals surface area contributed by atoms with E-state index < -0.39 is 23.4 Å². The fourth-order valence-corrected chi connectivity index (χ4v) is 3.82. The van der Waals surface area contributed by atoms with Crippen LogP contribution in [0.3, 0.4) is 0 Å². The first-order valence-electron chi connectivity index (χ1n) is 8.99. The van der Waals surface area contributed by atoms with E-state index in [9.17, 15) is 18.4 Å². The number of rotatable bonds is 5. The van der Waals surface area contributed by atoms with E-state index in [-0.39, 0.29) is 12.1 Å². The highest BCUT2D eigenvalue weighted by Crippen LogP contribution is 2.31. The van der Waals surface area contributed by atoms with E-state index in [2.05, 4.69) is 15.6 Å². The van der Waals surface area contributed by atoms with Crippen molar-refractivity contribution in [2.75, 3.05) is 11.9 Å². The fraction of sp³-hybridized carbons (Fsp3) is 0.0455. The van der Waals surface area contributed by atoms with E-state index in [1.165, 1.54) is 0 Å². The van der Waals surface area contributed by atoms with Crippen molar-refractivity contribution >= 4 is 39.1 Å². The maximum atomic E-state index is 13.6. The molecule has 3 aromatic carbocycles. The minimum absolute atomic E-state index is 0.331. The summed E-state index contributed by atoms with van der Waals surface area (Å²) < 4.78 is 27.7. The summed E-state index contributed by atoms with van der Waals surface area (Å²) in [4.78, 5) is 28.8. The maximum Gasteiger partial charge on any atom is 0.254 e. The number of hydrogen-bond donors (Lipinski definition) is 2. The molecule has 8 heteroatoms. The summed E-state index contributed by atoms with van der Waals surface area (Å²) in [5, 5.41) is 5.83. The molecule has 0 aliphatic carbocycles. The van der Waals surface area contributed by atoms with Gasteiger partial charge in [-0.1, -0.05) is 24.3 Å². The fourth-order valence-electron chi connectivity index (χ4n) is 2.86. The molecule has 30 heavy (non-hydrogen) atoms. The van der Waals surface area contributed by atoms with Crippen molar-refractivity contribution < 1.29 is 18.4 Å². The number of nitrogens with zero attached hydrogens (tertiary/aromatic N) is 1. The Hall–Kier alpha value is -3.65. The van der Waals surface area contributed by atoms with Crippen molar-refractivity contribution in [2.24, 2.45) is 0 Å². The normalized spacial score (nSPS) is 10.7. The second-order valence-electron chi connectivity index (χ2n) is 6.42. The summed E-state index contributed by atoms with van der Waals surface area (Å²) in [6.07, 6.45) is 0. The van der Waals surface area contributed by atoms with E-state index in [1.54, 1.807) is 29.5 Å². The average Bonchev–Trinajstić information content (AvgIpc) is 3.17. The largest absolute Gasteiger partial charge is 0.343 e.